The smallest absolute Gasteiger partial charge is 0.259 e. The number of piperidine rings is 1. The van der Waals surface area contributed by atoms with E-state index in [0.717, 1.165) is 104 Å². The number of nitrogens with one attached hydrogen (secondary N) is 2. The van der Waals surface area contributed by atoms with Gasteiger partial charge in [0.15, 0.2) is 0 Å². The largest absolute Gasteiger partial charge is 0.384 e. The Morgan fingerprint density at radius 3 is 2.49 bits per heavy atom. The Kier molecular flexibility index (Phi) is 12.9. The maximum absolute atomic E-state index is 14.1. The number of carbonyl (C=O) groups excluding carboxylic acids is 2. The van der Waals surface area contributed by atoms with Gasteiger partial charge in [-0.1, -0.05) is 19.9 Å². The van der Waals surface area contributed by atoms with Crippen molar-refractivity contribution < 1.29 is 19.1 Å². The van der Waals surface area contributed by atoms with E-state index in [0.29, 0.717) is 31.4 Å². The van der Waals surface area contributed by atoms with Crippen LogP contribution in [0, 0.1) is 23.2 Å². The number of hydrogen-bond acceptors (Lipinski definition) is 11. The van der Waals surface area contributed by atoms with Gasteiger partial charge in [-0.3, -0.25) is 19.6 Å². The van der Waals surface area contributed by atoms with Gasteiger partial charge in [-0.15, -0.1) is 11.3 Å². The standard InChI is InChI=1S/C47H67N9O4S/c1-10-55-40-14-13-31(39-27-61-41(49-39)22-38(46(58)56-15-11-12-29(2)51-56)50-45(57)42-36-25-53(7)26-37(36)42)20-33(40)35(23-47(4,5)28-59-8)44(55)34-21-32(24-48-43(34)30(3)60-9)54-18-16-52(6)17-19-54/h13-14,20-21,24,27,29-30,36-38,42,51H,10-12,15-19,22-23,25-26,28H2,1-9H3,(H,50,57)/t29-,30+,36-,37+,38+,42+/m1/s1. The van der Waals surface area contributed by atoms with Crippen molar-refractivity contribution in [3.8, 4) is 22.5 Å². The number of benzene rings is 1. The summed E-state index contributed by atoms with van der Waals surface area (Å²) in [7, 11) is 7.83. The Bertz CT molecular complexity index is 2200. The number of nitrogens with zero attached hydrogens (tertiary/aromatic N) is 7. The summed E-state index contributed by atoms with van der Waals surface area (Å²) in [6.07, 6.45) is 4.90. The Balaban J connectivity index is 1.16. The van der Waals surface area contributed by atoms with Crippen molar-refractivity contribution >= 4 is 39.7 Å². The third-order valence-corrected chi connectivity index (χ3v) is 14.5. The summed E-state index contributed by atoms with van der Waals surface area (Å²) < 4.78 is 14.2. The van der Waals surface area contributed by atoms with Gasteiger partial charge in [-0.25, -0.2) is 10.4 Å². The van der Waals surface area contributed by atoms with Crippen molar-refractivity contribution in [2.45, 2.75) is 85.0 Å². The summed E-state index contributed by atoms with van der Waals surface area (Å²) in [4.78, 5) is 45.2. The van der Waals surface area contributed by atoms with Crippen LogP contribution in [-0.4, -0.2) is 134 Å². The lowest BCUT2D eigenvalue weighted by atomic mass is 9.84. The molecule has 61 heavy (non-hydrogen) atoms. The van der Waals surface area contributed by atoms with Crippen molar-refractivity contribution in [2.24, 2.45) is 23.2 Å². The molecule has 1 aliphatic carbocycles. The van der Waals surface area contributed by atoms with Gasteiger partial charge in [0.25, 0.3) is 5.91 Å². The molecule has 1 saturated carbocycles. The molecule has 8 rings (SSSR count). The van der Waals surface area contributed by atoms with Crippen LogP contribution in [0.1, 0.15) is 69.8 Å². The van der Waals surface area contributed by atoms with Crippen LogP contribution in [0.3, 0.4) is 0 Å². The number of piperazine rings is 1. The molecule has 0 unspecified atom stereocenters. The van der Waals surface area contributed by atoms with Gasteiger partial charge in [0.05, 0.1) is 46.7 Å². The van der Waals surface area contributed by atoms with Crippen molar-refractivity contribution in [3.05, 3.63) is 52.1 Å². The highest BCUT2D eigenvalue weighted by atomic mass is 32.1. The van der Waals surface area contributed by atoms with Crippen LogP contribution in [0.15, 0.2) is 35.8 Å². The van der Waals surface area contributed by atoms with Crippen LogP contribution in [0.4, 0.5) is 5.69 Å². The van der Waals surface area contributed by atoms with E-state index >= 15 is 0 Å². The lowest BCUT2D eigenvalue weighted by Gasteiger charge is -2.34. The normalized spacial score (nSPS) is 23.4. The number of likely N-dealkylation sites (N-methyl/N-ethyl adjacent to an activating group) is 1. The number of hydrogen-bond donors (Lipinski definition) is 2. The van der Waals surface area contributed by atoms with Crippen LogP contribution >= 0.6 is 11.3 Å². The molecule has 3 aliphatic heterocycles. The zero-order valence-electron chi connectivity index (χ0n) is 37.8. The number of thiazole rings is 1. The number of likely N-dealkylation sites (tertiary alicyclic amines) is 1. The van der Waals surface area contributed by atoms with E-state index in [4.69, 9.17) is 19.4 Å². The summed E-state index contributed by atoms with van der Waals surface area (Å²) in [5, 5.41) is 9.04. The van der Waals surface area contributed by atoms with Gasteiger partial charge < -0.3 is 34.1 Å². The first-order chi connectivity index (χ1) is 29.3. The minimum Gasteiger partial charge on any atom is -0.384 e. The zero-order chi connectivity index (χ0) is 43.2. The molecular weight excluding hydrogens is 787 g/mol. The Morgan fingerprint density at radius 1 is 1.05 bits per heavy atom. The van der Waals surface area contributed by atoms with Crippen LogP contribution in [0.2, 0.25) is 0 Å². The monoisotopic (exact) mass is 854 g/mol. The lowest BCUT2D eigenvalue weighted by Crippen LogP contribution is -2.58. The Labute approximate surface area is 366 Å². The fourth-order valence-electron chi connectivity index (χ4n) is 10.3. The van der Waals surface area contributed by atoms with Gasteiger partial charge in [0.1, 0.15) is 6.04 Å². The van der Waals surface area contributed by atoms with Crippen molar-refractivity contribution in [1.29, 1.82) is 0 Å². The van der Waals surface area contributed by atoms with E-state index in [1.165, 1.54) is 16.6 Å². The number of aryl methyl sites for hydroxylation is 1. The van der Waals surface area contributed by atoms with E-state index in [1.54, 1.807) is 30.6 Å². The third kappa shape index (κ3) is 9.12. The molecule has 330 valence electrons. The van der Waals surface area contributed by atoms with E-state index < -0.39 is 6.04 Å². The number of ether oxygens (including phenoxy) is 2. The number of fused-ring (bicyclic) bond motifs is 2. The molecule has 0 radical (unpaired) electrons. The number of amides is 2. The zero-order valence-corrected chi connectivity index (χ0v) is 38.6. The minimum absolute atomic E-state index is 0.00114. The van der Waals surface area contributed by atoms with Gasteiger partial charge in [-0.05, 0) is 95.1 Å². The fourth-order valence-corrected chi connectivity index (χ4v) is 11.1. The number of pyridine rings is 1. The molecule has 0 spiro atoms. The molecule has 0 bridgehead atoms. The highest BCUT2D eigenvalue weighted by Gasteiger charge is 2.59. The summed E-state index contributed by atoms with van der Waals surface area (Å²) in [6, 6.07) is 8.56. The SMILES string of the molecule is CCn1c(-c2cc(N3CCN(C)CC3)cnc2[C@H](C)OC)c(CC(C)(C)COC)c2cc(-c3csc(C[C@H](NC(=O)[C@H]4[C@@H]5CN(C)C[C@@H]54)C(=O)N4CCC[C@@H](C)N4)n3)ccc21. The van der Waals surface area contributed by atoms with Crippen LogP contribution in [0.25, 0.3) is 33.4 Å². The maximum atomic E-state index is 14.1. The number of carbonyl (C=O) groups is 2. The molecule has 6 atom stereocenters. The topological polar surface area (TPSA) is 120 Å². The second-order valence-corrected chi connectivity index (χ2v) is 19.9. The van der Waals surface area contributed by atoms with Gasteiger partial charge in [0, 0.05) is 112 Å². The highest BCUT2D eigenvalue weighted by molar-refractivity contribution is 7.10. The van der Waals surface area contributed by atoms with E-state index in [2.05, 4.69) is 108 Å². The third-order valence-electron chi connectivity index (χ3n) is 13.6. The fraction of sp³-hybridized carbons (Fsp3) is 0.617. The molecular formula is C47H67N9O4S. The van der Waals surface area contributed by atoms with E-state index in [9.17, 15) is 9.59 Å². The first-order valence-corrected chi connectivity index (χ1v) is 23.3. The van der Waals surface area contributed by atoms with E-state index in [-0.39, 0.29) is 35.3 Å². The van der Waals surface area contributed by atoms with Crippen molar-refractivity contribution in [2.75, 3.05) is 85.6 Å². The van der Waals surface area contributed by atoms with Crippen molar-refractivity contribution in [1.82, 2.24) is 40.1 Å². The maximum Gasteiger partial charge on any atom is 0.259 e. The predicted molar refractivity (Wildman–Crippen MR) is 244 cm³/mol. The highest BCUT2D eigenvalue weighted by Crippen LogP contribution is 2.51. The summed E-state index contributed by atoms with van der Waals surface area (Å²) in [6.45, 7) is 18.8. The van der Waals surface area contributed by atoms with Crippen LogP contribution in [-0.2, 0) is 38.4 Å². The van der Waals surface area contributed by atoms with Crippen LogP contribution in [0.5, 0.6) is 0 Å². The molecule has 4 aromatic rings. The molecule has 14 heteroatoms. The average Bonchev–Trinajstić information content (AvgIpc) is 3.53. The molecule has 6 heterocycles. The Hall–Kier alpha value is -3.92. The van der Waals surface area contributed by atoms with Gasteiger partial charge >= 0.3 is 0 Å². The van der Waals surface area contributed by atoms with Gasteiger partial charge in [0.2, 0.25) is 5.91 Å². The van der Waals surface area contributed by atoms with Gasteiger partial charge in [-0.2, -0.15) is 0 Å². The second kappa shape index (κ2) is 18.1. The number of hydrazine groups is 1. The molecule has 2 N–H and O–H groups in total. The first kappa shape index (κ1) is 43.7. The quantitative estimate of drug-likeness (QED) is 0.150. The summed E-state index contributed by atoms with van der Waals surface area (Å²) in [5.41, 5.74) is 11.8. The lowest BCUT2D eigenvalue weighted by molar-refractivity contribution is -0.141. The molecule has 4 aliphatic rings. The molecule has 4 fully saturated rings. The predicted octanol–water partition coefficient (Wildman–Crippen LogP) is 5.87. The molecule has 3 saturated heterocycles. The molecule has 2 amide bonds. The number of aromatic nitrogens is 3. The summed E-state index contributed by atoms with van der Waals surface area (Å²) >= 11 is 1.55. The minimum atomic E-state index is -0.694. The van der Waals surface area contributed by atoms with Crippen LogP contribution < -0.4 is 15.6 Å². The Morgan fingerprint density at radius 2 is 1.80 bits per heavy atom. The molecule has 13 nitrogen and oxygen atoms in total. The molecule has 3 aromatic heterocycles. The number of anilines is 1. The van der Waals surface area contributed by atoms with Crippen molar-refractivity contribution in [3.63, 3.8) is 0 Å². The average molecular weight is 854 g/mol. The second-order valence-electron chi connectivity index (χ2n) is 19.0. The first-order valence-electron chi connectivity index (χ1n) is 22.4. The number of methoxy groups -OCH3 is 2. The molecule has 1 aromatic carbocycles. The summed E-state index contributed by atoms with van der Waals surface area (Å²) in [5.74, 6) is 0.666. The number of rotatable bonds is 15. The van der Waals surface area contributed by atoms with E-state index in [1.807, 2.05) is 6.20 Å².